The van der Waals surface area contributed by atoms with Crippen molar-refractivity contribution < 1.29 is 43.1 Å². The van der Waals surface area contributed by atoms with Gasteiger partial charge in [0, 0.05) is 14.2 Å². The molecule has 2 aliphatic rings. The SMILES string of the molecule is COC[C@H]1O[C@@H](C)[C@@H](O)C1OP(O)(=S)OC[C@H]1O[C@@H](C)[C@@H](O)C1OC. The molecule has 0 saturated carbocycles. The lowest BCUT2D eigenvalue weighted by molar-refractivity contribution is -0.0423. The molecule has 9 nitrogen and oxygen atoms in total. The van der Waals surface area contributed by atoms with Crippen molar-refractivity contribution in [1.29, 1.82) is 0 Å². The summed E-state index contributed by atoms with van der Waals surface area (Å²) in [6, 6.07) is 0. The van der Waals surface area contributed by atoms with E-state index in [2.05, 4.69) is 0 Å². The monoisotopic (exact) mass is 402 g/mol. The minimum atomic E-state index is -3.67. The summed E-state index contributed by atoms with van der Waals surface area (Å²) in [6.45, 7) is -0.196. The lowest BCUT2D eigenvalue weighted by Gasteiger charge is -2.26. The van der Waals surface area contributed by atoms with Gasteiger partial charge in [-0.3, -0.25) is 4.52 Å². The first-order valence-electron chi connectivity index (χ1n) is 8.04. The number of hydrogen-bond acceptors (Lipinski definition) is 9. The van der Waals surface area contributed by atoms with E-state index in [9.17, 15) is 15.1 Å². The second-order valence-electron chi connectivity index (χ2n) is 6.23. The van der Waals surface area contributed by atoms with Crippen LogP contribution in [-0.2, 0) is 39.8 Å². The van der Waals surface area contributed by atoms with Gasteiger partial charge in [-0.15, -0.1) is 0 Å². The molecule has 0 aromatic rings. The smallest absolute Gasteiger partial charge is 0.325 e. The third kappa shape index (κ3) is 5.18. The second kappa shape index (κ2) is 8.99. The molecule has 25 heavy (non-hydrogen) atoms. The molecule has 2 heterocycles. The number of methoxy groups -OCH3 is 2. The summed E-state index contributed by atoms with van der Waals surface area (Å²) >= 11 is 5.03. The zero-order chi connectivity index (χ0) is 18.8. The quantitative estimate of drug-likeness (QED) is 0.462. The highest BCUT2D eigenvalue weighted by molar-refractivity contribution is 8.07. The van der Waals surface area contributed by atoms with Crippen molar-refractivity contribution in [3.63, 3.8) is 0 Å². The molecule has 0 amide bonds. The van der Waals surface area contributed by atoms with Gasteiger partial charge in [0.1, 0.15) is 36.6 Å². The summed E-state index contributed by atoms with van der Waals surface area (Å²) in [6.07, 6.45) is -5.27. The van der Waals surface area contributed by atoms with E-state index in [1.807, 2.05) is 0 Å². The molecule has 11 heteroatoms. The molecule has 3 unspecified atom stereocenters. The van der Waals surface area contributed by atoms with Gasteiger partial charge < -0.3 is 38.6 Å². The Hall–Kier alpha value is 0.290. The lowest BCUT2D eigenvalue weighted by atomic mass is 10.1. The largest absolute Gasteiger partial charge is 0.388 e. The maximum absolute atomic E-state index is 10.3. The molecular weight excluding hydrogens is 375 g/mol. The highest BCUT2D eigenvalue weighted by Gasteiger charge is 2.46. The van der Waals surface area contributed by atoms with Crippen LogP contribution in [0.15, 0.2) is 0 Å². The van der Waals surface area contributed by atoms with Crippen LogP contribution in [0.25, 0.3) is 0 Å². The van der Waals surface area contributed by atoms with Crippen molar-refractivity contribution in [2.45, 2.75) is 62.7 Å². The summed E-state index contributed by atoms with van der Waals surface area (Å²) in [4.78, 5) is 10.3. The van der Waals surface area contributed by atoms with Crippen molar-refractivity contribution >= 4 is 18.5 Å². The molecule has 0 radical (unpaired) electrons. The van der Waals surface area contributed by atoms with E-state index in [0.717, 1.165) is 0 Å². The number of ether oxygens (including phenoxy) is 4. The Labute approximate surface area is 152 Å². The van der Waals surface area contributed by atoms with E-state index in [1.165, 1.54) is 14.2 Å². The number of aliphatic hydroxyl groups is 2. The highest BCUT2D eigenvalue weighted by atomic mass is 32.5. The first kappa shape index (κ1) is 21.6. The Morgan fingerprint density at radius 3 is 2.00 bits per heavy atom. The van der Waals surface area contributed by atoms with Crippen molar-refractivity contribution in [3.05, 3.63) is 0 Å². The van der Waals surface area contributed by atoms with Crippen LogP contribution < -0.4 is 0 Å². The standard InChI is InChI=1S/C14H27O9PS/c1-7-11(15)13(19-4)10(22-7)6-20-24(17,25)23-14-9(5-18-3)21-8(2)12(14)16/h7-16H,5-6H2,1-4H3,(H,17,25)/t7-,8-,9+,10+,11+,12+,13?,14?,24?/m0/s1. The van der Waals surface area contributed by atoms with Crippen LogP contribution in [0.2, 0.25) is 0 Å². The Morgan fingerprint density at radius 1 is 0.960 bits per heavy atom. The third-order valence-corrected chi connectivity index (χ3v) is 5.97. The second-order valence-corrected chi connectivity index (χ2v) is 9.02. The Bertz CT molecular complexity index is 481. The first-order valence-corrected chi connectivity index (χ1v) is 10.6. The van der Waals surface area contributed by atoms with Gasteiger partial charge in [-0.1, -0.05) is 0 Å². The van der Waals surface area contributed by atoms with Gasteiger partial charge >= 0.3 is 6.72 Å². The average molecular weight is 402 g/mol. The molecule has 2 rings (SSSR count). The molecule has 0 aliphatic carbocycles. The van der Waals surface area contributed by atoms with E-state index in [-0.39, 0.29) is 13.2 Å². The molecular formula is C14H27O9PS. The minimum absolute atomic E-state index is 0.109. The number of rotatable bonds is 8. The van der Waals surface area contributed by atoms with Gasteiger partial charge in [-0.25, -0.2) is 0 Å². The summed E-state index contributed by atoms with van der Waals surface area (Å²) in [7, 11) is 2.95. The highest BCUT2D eigenvalue weighted by Crippen LogP contribution is 2.48. The fourth-order valence-electron chi connectivity index (χ4n) is 3.05. The van der Waals surface area contributed by atoms with E-state index in [1.54, 1.807) is 13.8 Å². The zero-order valence-corrected chi connectivity index (χ0v) is 16.4. The van der Waals surface area contributed by atoms with Gasteiger partial charge in [0.2, 0.25) is 0 Å². The topological polar surface area (TPSA) is 116 Å². The van der Waals surface area contributed by atoms with Crippen LogP contribution in [0.1, 0.15) is 13.8 Å². The number of aliphatic hydroxyl groups excluding tert-OH is 2. The van der Waals surface area contributed by atoms with E-state index < -0.39 is 55.6 Å². The fraction of sp³-hybridized carbons (Fsp3) is 1.00. The maximum atomic E-state index is 10.3. The summed E-state index contributed by atoms with van der Waals surface area (Å²) in [5.74, 6) is 0. The molecule has 9 atom stereocenters. The van der Waals surface area contributed by atoms with E-state index in [4.69, 9.17) is 39.8 Å². The Balaban J connectivity index is 1.94. The predicted octanol–water partition coefficient (Wildman–Crippen LogP) is -0.437. The molecule has 0 spiro atoms. The Morgan fingerprint density at radius 2 is 1.48 bits per heavy atom. The van der Waals surface area contributed by atoms with Crippen molar-refractivity contribution in [3.8, 4) is 0 Å². The van der Waals surface area contributed by atoms with Crippen LogP contribution in [-0.4, -0.2) is 91.4 Å². The molecule has 0 bridgehead atoms. The molecule has 3 N–H and O–H groups in total. The predicted molar refractivity (Wildman–Crippen MR) is 90.7 cm³/mol. The summed E-state index contributed by atoms with van der Waals surface area (Å²) in [5.41, 5.74) is 0. The summed E-state index contributed by atoms with van der Waals surface area (Å²) < 4.78 is 32.2. The van der Waals surface area contributed by atoms with Gasteiger partial charge in [-0.05, 0) is 25.7 Å². The normalized spacial score (nSPS) is 44.1. The molecule has 0 aromatic heterocycles. The molecule has 2 aliphatic heterocycles. The van der Waals surface area contributed by atoms with Crippen LogP contribution in [0, 0.1) is 0 Å². The molecule has 148 valence electrons. The van der Waals surface area contributed by atoms with Crippen LogP contribution >= 0.6 is 6.72 Å². The van der Waals surface area contributed by atoms with Gasteiger partial charge in [-0.2, -0.15) is 0 Å². The van der Waals surface area contributed by atoms with E-state index >= 15 is 0 Å². The van der Waals surface area contributed by atoms with Gasteiger partial charge in [0.05, 0.1) is 25.4 Å². The van der Waals surface area contributed by atoms with E-state index in [0.29, 0.717) is 0 Å². The zero-order valence-electron chi connectivity index (χ0n) is 14.7. The van der Waals surface area contributed by atoms with Crippen molar-refractivity contribution in [2.24, 2.45) is 0 Å². The summed E-state index contributed by atoms with van der Waals surface area (Å²) in [5, 5.41) is 20.1. The van der Waals surface area contributed by atoms with Crippen LogP contribution in [0.4, 0.5) is 0 Å². The number of hydrogen-bond donors (Lipinski definition) is 3. The van der Waals surface area contributed by atoms with Gasteiger partial charge in [0.15, 0.2) is 0 Å². The first-order chi connectivity index (χ1) is 11.7. The van der Waals surface area contributed by atoms with Crippen molar-refractivity contribution in [1.82, 2.24) is 0 Å². The molecule has 2 saturated heterocycles. The maximum Gasteiger partial charge on any atom is 0.325 e. The average Bonchev–Trinajstić information content (AvgIpc) is 2.97. The lowest BCUT2D eigenvalue weighted by Crippen LogP contribution is -2.37. The fourth-order valence-corrected chi connectivity index (χ4v) is 4.49. The van der Waals surface area contributed by atoms with Crippen molar-refractivity contribution in [2.75, 3.05) is 27.4 Å². The van der Waals surface area contributed by atoms with Gasteiger partial charge in [0.25, 0.3) is 0 Å². The third-order valence-electron chi connectivity index (χ3n) is 4.41. The minimum Gasteiger partial charge on any atom is -0.388 e. The Kier molecular flexibility index (Phi) is 7.76. The van der Waals surface area contributed by atoms with Crippen LogP contribution in [0.3, 0.4) is 0 Å². The molecule has 0 aromatic carbocycles. The molecule has 2 fully saturated rings. The van der Waals surface area contributed by atoms with Crippen LogP contribution in [0.5, 0.6) is 0 Å².